The molecule has 0 spiro atoms. The minimum Gasteiger partial charge on any atom is -0.480 e. The number of rotatable bonds is 9. The van der Waals surface area contributed by atoms with Crippen LogP contribution in [0.1, 0.15) is 39.5 Å². The molecule has 21 heavy (non-hydrogen) atoms. The average molecular weight is 316 g/mol. The van der Waals surface area contributed by atoms with Crippen molar-refractivity contribution in [2.75, 3.05) is 37.7 Å². The SMILES string of the molecule is CCCCN(CCCC)C(=O)CN1CCSCC1C(=O)O. The van der Waals surface area contributed by atoms with Crippen molar-refractivity contribution in [2.45, 2.75) is 45.6 Å². The molecule has 0 aromatic rings. The van der Waals surface area contributed by atoms with Gasteiger partial charge in [0.2, 0.25) is 5.91 Å². The van der Waals surface area contributed by atoms with E-state index in [0.29, 0.717) is 12.3 Å². The summed E-state index contributed by atoms with van der Waals surface area (Å²) in [5, 5.41) is 9.26. The average Bonchev–Trinajstić information content (AvgIpc) is 2.47. The quantitative estimate of drug-likeness (QED) is 0.704. The van der Waals surface area contributed by atoms with Gasteiger partial charge in [-0.15, -0.1) is 0 Å². The van der Waals surface area contributed by atoms with Crippen molar-refractivity contribution in [1.29, 1.82) is 0 Å². The fourth-order valence-electron chi connectivity index (χ4n) is 2.39. The number of thioether (sulfide) groups is 1. The van der Waals surface area contributed by atoms with Crippen molar-refractivity contribution in [1.82, 2.24) is 9.80 Å². The molecule has 1 amide bonds. The second kappa shape index (κ2) is 10.1. The number of aliphatic carboxylic acids is 1. The molecule has 6 heteroatoms. The lowest BCUT2D eigenvalue weighted by Gasteiger charge is -2.33. The molecule has 1 heterocycles. The van der Waals surface area contributed by atoms with Gasteiger partial charge in [-0.3, -0.25) is 14.5 Å². The molecule has 1 rings (SSSR count). The predicted octanol–water partition coefficient (Wildman–Crippen LogP) is 1.92. The standard InChI is InChI=1S/C15H28N2O3S/c1-3-5-7-16(8-6-4-2)14(18)11-17-9-10-21-12-13(17)15(19)20/h13H,3-12H2,1-2H3,(H,19,20). The fraction of sp³-hybridized carbons (Fsp3) is 0.867. The molecular formula is C15H28N2O3S. The third kappa shape index (κ3) is 6.26. The maximum atomic E-state index is 12.5. The lowest BCUT2D eigenvalue weighted by molar-refractivity contribution is -0.144. The van der Waals surface area contributed by atoms with Crippen LogP contribution >= 0.6 is 11.8 Å². The first kappa shape index (κ1) is 18.3. The molecule has 0 aromatic carbocycles. The molecule has 0 saturated carbocycles. The highest BCUT2D eigenvalue weighted by atomic mass is 32.2. The van der Waals surface area contributed by atoms with E-state index >= 15 is 0 Å². The second-order valence-electron chi connectivity index (χ2n) is 5.49. The molecular weight excluding hydrogens is 288 g/mol. The molecule has 0 aliphatic carbocycles. The number of nitrogens with zero attached hydrogens (tertiary/aromatic N) is 2. The van der Waals surface area contributed by atoms with Gasteiger partial charge in [0.15, 0.2) is 0 Å². The Balaban J connectivity index is 2.58. The van der Waals surface area contributed by atoms with Crippen molar-refractivity contribution >= 4 is 23.6 Å². The first-order chi connectivity index (χ1) is 10.1. The number of unbranched alkanes of at least 4 members (excludes halogenated alkanes) is 2. The molecule has 5 nitrogen and oxygen atoms in total. The number of hydrogen-bond donors (Lipinski definition) is 1. The van der Waals surface area contributed by atoms with Crippen LogP contribution in [0.25, 0.3) is 0 Å². The molecule has 1 saturated heterocycles. The van der Waals surface area contributed by atoms with Gasteiger partial charge in [0.05, 0.1) is 6.54 Å². The first-order valence-electron chi connectivity index (χ1n) is 7.92. The molecule has 0 aromatic heterocycles. The van der Waals surface area contributed by atoms with E-state index in [1.807, 2.05) is 9.80 Å². The molecule has 1 aliphatic rings. The summed E-state index contributed by atoms with van der Waals surface area (Å²) in [6.45, 7) is 6.73. The Bertz CT molecular complexity index is 331. The molecule has 1 atom stereocenters. The van der Waals surface area contributed by atoms with Crippen molar-refractivity contribution in [3.8, 4) is 0 Å². The largest absolute Gasteiger partial charge is 0.480 e. The highest BCUT2D eigenvalue weighted by Crippen LogP contribution is 2.17. The number of carbonyl (C=O) groups is 2. The minimum absolute atomic E-state index is 0.0788. The number of hydrogen-bond acceptors (Lipinski definition) is 4. The zero-order chi connectivity index (χ0) is 15.7. The van der Waals surface area contributed by atoms with Gasteiger partial charge in [0.1, 0.15) is 6.04 Å². The van der Waals surface area contributed by atoms with E-state index in [4.69, 9.17) is 0 Å². The molecule has 1 aliphatic heterocycles. The summed E-state index contributed by atoms with van der Waals surface area (Å²) < 4.78 is 0. The monoisotopic (exact) mass is 316 g/mol. The smallest absolute Gasteiger partial charge is 0.321 e. The van der Waals surface area contributed by atoms with Gasteiger partial charge in [-0.25, -0.2) is 0 Å². The molecule has 1 unspecified atom stereocenters. The Labute approximate surface area is 132 Å². The van der Waals surface area contributed by atoms with E-state index in [1.54, 1.807) is 11.8 Å². The van der Waals surface area contributed by atoms with E-state index < -0.39 is 12.0 Å². The maximum Gasteiger partial charge on any atom is 0.321 e. The van der Waals surface area contributed by atoms with Crippen LogP contribution < -0.4 is 0 Å². The number of carboxylic acid groups (broad SMARTS) is 1. The summed E-state index contributed by atoms with van der Waals surface area (Å²) in [4.78, 5) is 27.5. The Morgan fingerprint density at radius 3 is 2.38 bits per heavy atom. The van der Waals surface area contributed by atoms with E-state index in [0.717, 1.165) is 44.5 Å². The molecule has 122 valence electrons. The molecule has 0 radical (unpaired) electrons. The lowest BCUT2D eigenvalue weighted by Crippen LogP contribution is -2.51. The van der Waals surface area contributed by atoms with Crippen LogP contribution in [0.3, 0.4) is 0 Å². The van der Waals surface area contributed by atoms with Gasteiger partial charge in [0, 0.05) is 31.1 Å². The predicted molar refractivity (Wildman–Crippen MR) is 86.7 cm³/mol. The minimum atomic E-state index is -0.816. The van der Waals surface area contributed by atoms with E-state index in [2.05, 4.69) is 13.8 Å². The summed E-state index contributed by atoms with van der Waals surface area (Å²) in [6, 6.07) is -0.521. The zero-order valence-electron chi connectivity index (χ0n) is 13.2. The van der Waals surface area contributed by atoms with Gasteiger partial charge in [-0.05, 0) is 12.8 Å². The van der Waals surface area contributed by atoms with Crippen molar-refractivity contribution in [2.24, 2.45) is 0 Å². The van der Waals surface area contributed by atoms with Gasteiger partial charge in [-0.1, -0.05) is 26.7 Å². The van der Waals surface area contributed by atoms with Gasteiger partial charge < -0.3 is 10.0 Å². The Morgan fingerprint density at radius 1 is 1.24 bits per heavy atom. The van der Waals surface area contributed by atoms with Gasteiger partial charge >= 0.3 is 5.97 Å². The lowest BCUT2D eigenvalue weighted by atomic mass is 10.2. The van der Waals surface area contributed by atoms with Crippen LogP contribution in [0, 0.1) is 0 Å². The normalized spacial score (nSPS) is 19.4. The number of amides is 1. The van der Waals surface area contributed by atoms with E-state index in [-0.39, 0.29) is 12.5 Å². The van der Waals surface area contributed by atoms with Crippen molar-refractivity contribution < 1.29 is 14.7 Å². The first-order valence-corrected chi connectivity index (χ1v) is 9.08. The molecule has 0 bridgehead atoms. The Hall–Kier alpha value is -0.750. The van der Waals surface area contributed by atoms with Crippen LogP contribution in [0.15, 0.2) is 0 Å². The van der Waals surface area contributed by atoms with E-state index in [1.165, 1.54) is 0 Å². The van der Waals surface area contributed by atoms with Crippen molar-refractivity contribution in [3.05, 3.63) is 0 Å². The summed E-state index contributed by atoms with van der Waals surface area (Å²) in [5.74, 6) is 0.742. The fourth-order valence-corrected chi connectivity index (χ4v) is 3.49. The summed E-state index contributed by atoms with van der Waals surface area (Å²) in [6.07, 6.45) is 4.14. The van der Waals surface area contributed by atoms with Crippen LogP contribution in [-0.2, 0) is 9.59 Å². The Morgan fingerprint density at radius 2 is 1.86 bits per heavy atom. The van der Waals surface area contributed by atoms with Crippen LogP contribution in [0.4, 0.5) is 0 Å². The topological polar surface area (TPSA) is 60.9 Å². The molecule has 1 N–H and O–H groups in total. The number of carbonyl (C=O) groups excluding carboxylic acids is 1. The van der Waals surface area contributed by atoms with Crippen LogP contribution in [-0.4, -0.2) is 70.5 Å². The van der Waals surface area contributed by atoms with Gasteiger partial charge in [-0.2, -0.15) is 11.8 Å². The third-order valence-corrected chi connectivity index (χ3v) is 4.80. The zero-order valence-corrected chi connectivity index (χ0v) is 14.0. The summed E-state index contributed by atoms with van der Waals surface area (Å²) in [7, 11) is 0. The van der Waals surface area contributed by atoms with E-state index in [9.17, 15) is 14.7 Å². The Kier molecular flexibility index (Phi) is 8.76. The van der Waals surface area contributed by atoms with Crippen molar-refractivity contribution in [3.63, 3.8) is 0 Å². The number of carboxylic acids is 1. The maximum absolute atomic E-state index is 12.5. The highest BCUT2D eigenvalue weighted by Gasteiger charge is 2.31. The molecule has 1 fully saturated rings. The third-order valence-electron chi connectivity index (χ3n) is 3.78. The van der Waals surface area contributed by atoms with Gasteiger partial charge in [0.25, 0.3) is 0 Å². The van der Waals surface area contributed by atoms with Crippen LogP contribution in [0.2, 0.25) is 0 Å². The van der Waals surface area contributed by atoms with Crippen LogP contribution in [0.5, 0.6) is 0 Å². The second-order valence-corrected chi connectivity index (χ2v) is 6.64. The summed E-state index contributed by atoms with van der Waals surface area (Å²) in [5.41, 5.74) is 0. The summed E-state index contributed by atoms with van der Waals surface area (Å²) >= 11 is 1.65. The highest BCUT2D eigenvalue weighted by molar-refractivity contribution is 7.99.